The number of fused-ring (bicyclic) bond motifs is 1. The number of aliphatic hydroxyl groups is 1. The predicted octanol–water partition coefficient (Wildman–Crippen LogP) is 2.86. The molecule has 4 heteroatoms. The molecule has 0 radical (unpaired) electrons. The van der Waals surface area contributed by atoms with Crippen molar-refractivity contribution in [1.82, 2.24) is 0 Å². The Bertz CT molecular complexity index is 667. The van der Waals surface area contributed by atoms with E-state index >= 15 is 0 Å². The van der Waals surface area contributed by atoms with Crippen LogP contribution in [-0.4, -0.2) is 36.5 Å². The van der Waals surface area contributed by atoms with Gasteiger partial charge in [0, 0.05) is 6.61 Å². The summed E-state index contributed by atoms with van der Waals surface area (Å²) in [5.74, 6) is -0.450. The van der Waals surface area contributed by atoms with Crippen molar-refractivity contribution < 1.29 is 19.4 Å². The van der Waals surface area contributed by atoms with Crippen molar-refractivity contribution in [3.8, 4) is 0 Å². The van der Waals surface area contributed by atoms with Crippen LogP contribution in [0.5, 0.6) is 0 Å². The van der Waals surface area contributed by atoms with Crippen molar-refractivity contribution in [1.29, 1.82) is 0 Å². The van der Waals surface area contributed by atoms with Gasteiger partial charge in [0.05, 0.1) is 0 Å². The zero-order valence-electron chi connectivity index (χ0n) is 13.1. The summed E-state index contributed by atoms with van der Waals surface area (Å²) in [5, 5.41) is 12.1. The van der Waals surface area contributed by atoms with Gasteiger partial charge >= 0.3 is 5.97 Å². The lowest BCUT2D eigenvalue weighted by atomic mass is 10.0. The van der Waals surface area contributed by atoms with E-state index in [1.165, 1.54) is 16.3 Å². The van der Waals surface area contributed by atoms with Crippen LogP contribution in [0.3, 0.4) is 0 Å². The number of carbonyl (C=O) groups is 1. The second-order valence-corrected chi connectivity index (χ2v) is 5.98. The Morgan fingerprint density at radius 3 is 2.70 bits per heavy atom. The fourth-order valence-corrected chi connectivity index (χ4v) is 2.89. The van der Waals surface area contributed by atoms with Crippen LogP contribution in [-0.2, 0) is 20.7 Å². The van der Waals surface area contributed by atoms with Gasteiger partial charge in [-0.15, -0.1) is 0 Å². The van der Waals surface area contributed by atoms with Gasteiger partial charge in [-0.1, -0.05) is 48.9 Å². The van der Waals surface area contributed by atoms with Gasteiger partial charge in [-0.05, 0) is 35.6 Å². The Morgan fingerprint density at radius 2 is 1.91 bits per heavy atom. The van der Waals surface area contributed by atoms with Crippen molar-refractivity contribution in [2.75, 3.05) is 13.2 Å². The Balaban J connectivity index is 1.37. The number of hydrogen-bond donors (Lipinski definition) is 1. The van der Waals surface area contributed by atoms with Crippen LogP contribution in [0.1, 0.15) is 24.8 Å². The van der Waals surface area contributed by atoms with Crippen molar-refractivity contribution >= 4 is 16.7 Å². The zero-order valence-corrected chi connectivity index (χ0v) is 13.1. The van der Waals surface area contributed by atoms with Gasteiger partial charge in [-0.2, -0.15) is 0 Å². The highest BCUT2D eigenvalue weighted by Crippen LogP contribution is 2.17. The first-order valence-corrected chi connectivity index (χ1v) is 8.18. The molecule has 1 fully saturated rings. The van der Waals surface area contributed by atoms with Crippen molar-refractivity contribution in [3.05, 3.63) is 48.0 Å². The van der Waals surface area contributed by atoms with Gasteiger partial charge in [0.25, 0.3) is 0 Å². The standard InChI is InChI=1S/C19H22O4/c20-17-13-23-19(21)18(17)22-11-5-1-2-6-14-9-10-15-7-3-4-8-16(15)12-14/h3-4,7-10,12,17-18,20H,1-2,5-6,11,13H2/t17-,18+/m0/s1. The predicted molar refractivity (Wildman–Crippen MR) is 88.2 cm³/mol. The van der Waals surface area contributed by atoms with E-state index in [1.54, 1.807) is 0 Å². The molecule has 0 unspecified atom stereocenters. The number of ether oxygens (including phenoxy) is 2. The lowest BCUT2D eigenvalue weighted by Crippen LogP contribution is -2.30. The lowest BCUT2D eigenvalue weighted by molar-refractivity contribution is -0.148. The van der Waals surface area contributed by atoms with Crippen molar-refractivity contribution in [2.45, 2.75) is 37.9 Å². The normalized spacial score (nSPS) is 20.8. The van der Waals surface area contributed by atoms with E-state index in [4.69, 9.17) is 9.47 Å². The van der Waals surface area contributed by atoms with Crippen molar-refractivity contribution in [3.63, 3.8) is 0 Å². The summed E-state index contributed by atoms with van der Waals surface area (Å²) in [6.45, 7) is 0.528. The smallest absolute Gasteiger partial charge is 0.338 e. The molecule has 1 heterocycles. The Kier molecular flexibility index (Phi) is 5.26. The molecule has 1 N–H and O–H groups in total. The third-order valence-electron chi connectivity index (χ3n) is 4.20. The van der Waals surface area contributed by atoms with Crippen LogP contribution < -0.4 is 0 Å². The summed E-state index contributed by atoms with van der Waals surface area (Å²) < 4.78 is 10.1. The minimum atomic E-state index is -0.819. The van der Waals surface area contributed by atoms with Crippen molar-refractivity contribution in [2.24, 2.45) is 0 Å². The molecule has 0 bridgehead atoms. The first-order chi connectivity index (χ1) is 11.2. The van der Waals surface area contributed by atoms with E-state index in [1.807, 2.05) is 0 Å². The maximum Gasteiger partial charge on any atom is 0.338 e. The molecule has 1 aliphatic heterocycles. The summed E-state index contributed by atoms with van der Waals surface area (Å²) in [4.78, 5) is 11.3. The minimum Gasteiger partial charge on any atom is -0.461 e. The first-order valence-electron chi connectivity index (χ1n) is 8.18. The SMILES string of the molecule is O=C1OC[C@H](O)[C@H]1OCCCCCc1ccc2ccccc2c1. The van der Waals surface area contributed by atoms with Gasteiger partial charge in [-0.25, -0.2) is 4.79 Å². The topological polar surface area (TPSA) is 55.8 Å². The van der Waals surface area contributed by atoms with E-state index < -0.39 is 18.2 Å². The Labute approximate surface area is 136 Å². The largest absolute Gasteiger partial charge is 0.461 e. The molecule has 2 atom stereocenters. The third kappa shape index (κ3) is 4.09. The average molecular weight is 314 g/mol. The quantitative estimate of drug-likeness (QED) is 0.631. The lowest BCUT2D eigenvalue weighted by Gasteiger charge is -2.11. The van der Waals surface area contributed by atoms with Gasteiger partial charge in [0.15, 0.2) is 6.10 Å². The monoisotopic (exact) mass is 314 g/mol. The summed E-state index contributed by atoms with van der Waals surface area (Å²) in [7, 11) is 0. The third-order valence-corrected chi connectivity index (χ3v) is 4.20. The van der Waals surface area contributed by atoms with Crippen LogP contribution >= 0.6 is 0 Å². The van der Waals surface area contributed by atoms with Crippen LogP contribution in [0.4, 0.5) is 0 Å². The number of esters is 1. The number of rotatable bonds is 7. The fraction of sp³-hybridized carbons (Fsp3) is 0.421. The summed E-state index contributed by atoms with van der Waals surface area (Å²) in [5.41, 5.74) is 1.35. The summed E-state index contributed by atoms with van der Waals surface area (Å²) >= 11 is 0. The second kappa shape index (κ2) is 7.57. The van der Waals surface area contributed by atoms with E-state index in [0.717, 1.165) is 25.7 Å². The maximum absolute atomic E-state index is 11.3. The van der Waals surface area contributed by atoms with Crippen LogP contribution in [0.15, 0.2) is 42.5 Å². The highest BCUT2D eigenvalue weighted by Gasteiger charge is 2.36. The van der Waals surface area contributed by atoms with Gasteiger partial charge in [-0.3, -0.25) is 0 Å². The molecule has 0 aliphatic carbocycles. The second-order valence-electron chi connectivity index (χ2n) is 5.98. The number of hydrogen-bond acceptors (Lipinski definition) is 4. The van der Waals surface area contributed by atoms with E-state index in [-0.39, 0.29) is 6.61 Å². The van der Waals surface area contributed by atoms with Crippen LogP contribution in [0.2, 0.25) is 0 Å². The molecule has 2 aromatic rings. The highest BCUT2D eigenvalue weighted by molar-refractivity contribution is 5.83. The molecule has 1 aliphatic rings. The van der Waals surface area contributed by atoms with E-state index in [0.29, 0.717) is 6.61 Å². The molecule has 0 spiro atoms. The van der Waals surface area contributed by atoms with Gasteiger partial charge < -0.3 is 14.6 Å². The van der Waals surface area contributed by atoms with Gasteiger partial charge in [0.2, 0.25) is 0 Å². The molecule has 0 amide bonds. The fourth-order valence-electron chi connectivity index (χ4n) is 2.89. The Hall–Kier alpha value is -1.91. The van der Waals surface area contributed by atoms with Gasteiger partial charge in [0.1, 0.15) is 12.7 Å². The highest BCUT2D eigenvalue weighted by atomic mass is 16.6. The number of aryl methyl sites for hydroxylation is 1. The molecular formula is C19H22O4. The summed E-state index contributed by atoms with van der Waals surface area (Å²) in [6, 6.07) is 15.0. The molecule has 0 aromatic heterocycles. The van der Waals surface area contributed by atoms with Crippen LogP contribution in [0, 0.1) is 0 Å². The number of carbonyl (C=O) groups excluding carboxylic acids is 1. The summed E-state index contributed by atoms with van der Waals surface area (Å²) in [6.07, 6.45) is 2.42. The minimum absolute atomic E-state index is 0.0471. The maximum atomic E-state index is 11.3. The number of unbranched alkanes of at least 4 members (excludes halogenated alkanes) is 2. The molecule has 122 valence electrons. The van der Waals surface area contributed by atoms with Crippen LogP contribution in [0.25, 0.3) is 10.8 Å². The number of cyclic esters (lactones) is 1. The molecule has 4 nitrogen and oxygen atoms in total. The molecular weight excluding hydrogens is 292 g/mol. The number of aliphatic hydroxyl groups excluding tert-OH is 1. The molecule has 0 saturated carbocycles. The molecule has 1 saturated heterocycles. The Morgan fingerprint density at radius 1 is 1.09 bits per heavy atom. The van der Waals surface area contributed by atoms with E-state index in [2.05, 4.69) is 42.5 Å². The molecule has 23 heavy (non-hydrogen) atoms. The average Bonchev–Trinajstić information content (AvgIpc) is 2.89. The first kappa shape index (κ1) is 16.0. The molecule has 3 rings (SSSR count). The molecule has 2 aromatic carbocycles. The van der Waals surface area contributed by atoms with E-state index in [9.17, 15) is 9.90 Å². The number of benzene rings is 2. The zero-order chi connectivity index (χ0) is 16.1.